The molecule has 2 aromatic heterocycles. The van der Waals surface area contributed by atoms with E-state index in [1.54, 1.807) is 24.3 Å². The third-order valence-corrected chi connectivity index (χ3v) is 6.29. The van der Waals surface area contributed by atoms with Gasteiger partial charge in [-0.15, -0.1) is 0 Å². The molecule has 0 aliphatic rings. The van der Waals surface area contributed by atoms with E-state index < -0.39 is 22.2 Å². The van der Waals surface area contributed by atoms with E-state index in [-0.39, 0.29) is 59.3 Å². The third-order valence-electron chi connectivity index (χ3n) is 6.29. The zero-order valence-corrected chi connectivity index (χ0v) is 20.3. The van der Waals surface area contributed by atoms with Crippen LogP contribution < -0.4 is 27.0 Å². The molecule has 35 heavy (non-hydrogen) atoms. The molecule has 0 N–H and O–H groups in total. The van der Waals surface area contributed by atoms with Crippen LogP contribution in [0, 0.1) is 51.6 Å². The van der Waals surface area contributed by atoms with Gasteiger partial charge in [-0.1, -0.05) is 24.6 Å². The molecule has 0 atom stereocenters. The molecule has 0 radical (unpaired) electrons. The zero-order valence-electron chi connectivity index (χ0n) is 19.6. The fraction of sp³-hybridized carbons (Fsp3) is 0.185. The quantitative estimate of drug-likeness (QED) is 0.382. The Morgan fingerprint density at radius 2 is 1.26 bits per heavy atom. The number of hydrogen-bond acceptors (Lipinski definition) is 5. The number of nitrogens with zero attached hydrogens (tertiary/aromatic N) is 2. The Morgan fingerprint density at radius 3 is 1.77 bits per heavy atom. The van der Waals surface area contributed by atoms with Crippen LogP contribution in [-0.2, 0) is 13.5 Å². The van der Waals surface area contributed by atoms with Gasteiger partial charge in [-0.05, 0) is 67.8 Å². The molecular formula is C27H22ArN2O5. The van der Waals surface area contributed by atoms with Gasteiger partial charge in [0.2, 0.25) is 0 Å². The summed E-state index contributed by atoms with van der Waals surface area (Å²) in [6, 6.07) is 13.6. The van der Waals surface area contributed by atoms with E-state index in [4.69, 9.17) is 4.74 Å². The molecule has 0 fully saturated rings. The number of benzene rings is 3. The minimum atomic E-state index is -0.533. The number of ether oxygens (including phenoxy) is 1. The predicted octanol–water partition coefficient (Wildman–Crippen LogP) is 3.41. The van der Waals surface area contributed by atoms with Crippen LogP contribution in [0.25, 0.3) is 27.2 Å². The Kier molecular flexibility index (Phi) is 6.62. The molecule has 0 aliphatic carbocycles. The van der Waals surface area contributed by atoms with Gasteiger partial charge in [0.05, 0.1) is 27.2 Å². The SMILES string of the molecule is CCc1cc(C)cc(C)c1Oc1ccc(-n2c(=O)c3cc4c(=O)n(C)c(=O)c4cc3c2=O)cc1.[Ar]. The van der Waals surface area contributed by atoms with Crippen LogP contribution in [0.1, 0.15) is 23.6 Å². The molecule has 0 spiro atoms. The van der Waals surface area contributed by atoms with Gasteiger partial charge in [-0.2, -0.15) is 0 Å². The molecule has 0 unspecified atom stereocenters. The van der Waals surface area contributed by atoms with Crippen molar-refractivity contribution < 1.29 is 42.5 Å². The topological polar surface area (TPSA) is 87.4 Å². The van der Waals surface area contributed by atoms with Crippen molar-refractivity contribution >= 4 is 21.5 Å². The second-order valence-electron chi connectivity index (χ2n) is 8.58. The minimum Gasteiger partial charge on any atom is -0.457 e. The number of aryl methyl sites for hydroxylation is 3. The Balaban J connectivity index is 0.00000289. The Bertz CT molecular complexity index is 1740. The average Bonchev–Trinajstić information content (AvgIpc) is 3.19. The van der Waals surface area contributed by atoms with Gasteiger partial charge in [-0.3, -0.25) is 23.7 Å². The first-order valence-electron chi connectivity index (χ1n) is 11.0. The van der Waals surface area contributed by atoms with Gasteiger partial charge >= 0.3 is 0 Å². The maximum Gasteiger partial charge on any atom is 0.266 e. The van der Waals surface area contributed by atoms with Crippen LogP contribution in [0.15, 0.2) is 67.7 Å². The number of rotatable bonds is 4. The van der Waals surface area contributed by atoms with Gasteiger partial charge in [0, 0.05) is 44.8 Å². The maximum atomic E-state index is 13.1. The molecule has 3 aromatic carbocycles. The second kappa shape index (κ2) is 9.22. The molecule has 0 aliphatic heterocycles. The monoisotopic (exact) mass is 494 g/mol. The summed E-state index contributed by atoms with van der Waals surface area (Å²) in [6.45, 7) is 6.12. The zero-order chi connectivity index (χ0) is 24.3. The summed E-state index contributed by atoms with van der Waals surface area (Å²) in [5.41, 5.74) is 1.65. The first-order valence-corrected chi connectivity index (χ1v) is 11.0. The Labute approximate surface area is 229 Å². The molecule has 2 heterocycles. The third kappa shape index (κ3) is 3.97. The van der Waals surface area contributed by atoms with E-state index in [1.807, 2.05) is 13.8 Å². The van der Waals surface area contributed by atoms with Crippen LogP contribution in [0.3, 0.4) is 0 Å². The Morgan fingerprint density at radius 1 is 0.743 bits per heavy atom. The fourth-order valence-electron chi connectivity index (χ4n) is 4.56. The van der Waals surface area contributed by atoms with Crippen molar-refractivity contribution in [3.05, 3.63) is 107 Å². The molecule has 8 heteroatoms. The van der Waals surface area contributed by atoms with Crippen molar-refractivity contribution in [3.8, 4) is 17.2 Å². The summed E-state index contributed by atoms with van der Waals surface area (Å²) in [6.07, 6.45) is 0.829. The predicted molar refractivity (Wildman–Crippen MR) is 133 cm³/mol. The van der Waals surface area contributed by atoms with Crippen molar-refractivity contribution in [3.63, 3.8) is 0 Å². The van der Waals surface area contributed by atoms with E-state index >= 15 is 0 Å². The van der Waals surface area contributed by atoms with Gasteiger partial charge in [0.15, 0.2) is 0 Å². The molecule has 7 nitrogen and oxygen atoms in total. The van der Waals surface area contributed by atoms with E-state index in [1.165, 1.54) is 24.7 Å². The number of fused-ring (bicyclic) bond motifs is 2. The molecule has 0 saturated carbocycles. The largest absolute Gasteiger partial charge is 0.457 e. The van der Waals surface area contributed by atoms with Gasteiger partial charge < -0.3 is 4.74 Å². The van der Waals surface area contributed by atoms with E-state index in [0.29, 0.717) is 11.4 Å². The minimum absolute atomic E-state index is 0. The molecule has 5 aromatic rings. The van der Waals surface area contributed by atoms with Crippen LogP contribution in [0.5, 0.6) is 11.5 Å². The van der Waals surface area contributed by atoms with Crippen molar-refractivity contribution in [2.24, 2.45) is 7.05 Å². The van der Waals surface area contributed by atoms with E-state index in [2.05, 4.69) is 19.1 Å². The first kappa shape index (κ1) is 25.1. The Hall–Kier alpha value is -3.00. The summed E-state index contributed by atoms with van der Waals surface area (Å²) >= 11 is 0. The van der Waals surface area contributed by atoms with E-state index in [9.17, 15) is 19.2 Å². The molecule has 0 bridgehead atoms. The standard InChI is InChI=1S/C27H22N2O5.Ar/c1-5-16-11-14(2)10-15(3)23(16)34-18-8-6-17(7-9-18)29-26(32)21-12-19-20(13-22(21)27(29)33)25(31)28(4)24(19)30;/h6-13H,5H2,1-4H3;. The van der Waals surface area contributed by atoms with Crippen LogP contribution in [-0.4, -0.2) is 9.13 Å². The van der Waals surface area contributed by atoms with Crippen LogP contribution >= 0.6 is 0 Å². The van der Waals surface area contributed by atoms with Crippen molar-refractivity contribution in [2.75, 3.05) is 0 Å². The van der Waals surface area contributed by atoms with Crippen molar-refractivity contribution in [1.29, 1.82) is 0 Å². The maximum absolute atomic E-state index is 13.1. The molecule has 5 rings (SSSR count). The number of aromatic nitrogens is 2. The summed E-state index contributed by atoms with van der Waals surface area (Å²) in [5, 5.41) is 0.503. The summed E-state index contributed by atoms with van der Waals surface area (Å²) < 4.78 is 8.17. The van der Waals surface area contributed by atoms with Crippen molar-refractivity contribution in [2.45, 2.75) is 27.2 Å². The molecule has 0 amide bonds. The van der Waals surface area contributed by atoms with Gasteiger partial charge in [-0.25, -0.2) is 4.57 Å². The smallest absolute Gasteiger partial charge is 0.266 e. The van der Waals surface area contributed by atoms with Crippen molar-refractivity contribution in [1.82, 2.24) is 9.13 Å². The normalized spacial score (nSPS) is 11.2. The summed E-state index contributed by atoms with van der Waals surface area (Å²) in [7, 11) is 1.37. The average molecular weight is 494 g/mol. The van der Waals surface area contributed by atoms with Crippen LogP contribution in [0.2, 0.25) is 0 Å². The molecule has 0 saturated heterocycles. The first-order chi connectivity index (χ1) is 16.2. The van der Waals surface area contributed by atoms with Gasteiger partial charge in [0.25, 0.3) is 22.2 Å². The summed E-state index contributed by atoms with van der Waals surface area (Å²) in [4.78, 5) is 50.8. The molecular weight excluding hydrogens is 472 g/mol. The number of hydrogen-bond donors (Lipinski definition) is 0. The van der Waals surface area contributed by atoms with Gasteiger partial charge in [0.1, 0.15) is 11.5 Å². The second-order valence-corrected chi connectivity index (χ2v) is 8.58. The van der Waals surface area contributed by atoms with E-state index in [0.717, 1.165) is 32.4 Å². The molecule has 178 valence electrons. The summed E-state index contributed by atoms with van der Waals surface area (Å²) in [5.74, 6) is 1.38. The fourth-order valence-corrected chi connectivity index (χ4v) is 4.56. The van der Waals surface area contributed by atoms with Crippen LogP contribution in [0.4, 0.5) is 0 Å².